The molecule has 2 atom stereocenters. The molecular formula is C14H20FNO. The Morgan fingerprint density at radius 3 is 2.71 bits per heavy atom. The number of halogens is 1. The predicted octanol–water partition coefficient (Wildman–Crippen LogP) is 2.90. The third-order valence-corrected chi connectivity index (χ3v) is 3.20. The van der Waals surface area contributed by atoms with Crippen LogP contribution >= 0.6 is 0 Å². The standard InChI is InChI=1S/C14H20FNO/c1-10(2)16-9-12-7-8-17-14(12)11-3-5-13(15)6-4-11/h3-6,10,12,14,16H,7-9H2,1-2H3. The van der Waals surface area contributed by atoms with Crippen LogP contribution in [0.25, 0.3) is 0 Å². The van der Waals surface area contributed by atoms with E-state index < -0.39 is 0 Å². The second-order valence-corrected chi connectivity index (χ2v) is 4.95. The maximum atomic E-state index is 12.9. The summed E-state index contributed by atoms with van der Waals surface area (Å²) in [4.78, 5) is 0. The van der Waals surface area contributed by atoms with Crippen molar-refractivity contribution in [2.75, 3.05) is 13.2 Å². The lowest BCUT2D eigenvalue weighted by molar-refractivity contribution is 0.0900. The van der Waals surface area contributed by atoms with Crippen LogP contribution in [-0.2, 0) is 4.74 Å². The lowest BCUT2D eigenvalue weighted by Crippen LogP contribution is -2.30. The molecule has 0 saturated carbocycles. The molecule has 94 valence electrons. The van der Waals surface area contributed by atoms with Gasteiger partial charge in [0.15, 0.2) is 0 Å². The van der Waals surface area contributed by atoms with Gasteiger partial charge in [-0.15, -0.1) is 0 Å². The smallest absolute Gasteiger partial charge is 0.123 e. The minimum Gasteiger partial charge on any atom is -0.373 e. The lowest BCUT2D eigenvalue weighted by Gasteiger charge is -2.20. The van der Waals surface area contributed by atoms with E-state index in [1.807, 2.05) is 12.1 Å². The molecule has 1 fully saturated rings. The molecule has 1 aromatic rings. The third kappa shape index (κ3) is 3.27. The van der Waals surface area contributed by atoms with Crippen molar-refractivity contribution in [1.82, 2.24) is 5.32 Å². The van der Waals surface area contributed by atoms with E-state index >= 15 is 0 Å². The predicted molar refractivity (Wildman–Crippen MR) is 66.3 cm³/mol. The van der Waals surface area contributed by atoms with Crippen LogP contribution in [-0.4, -0.2) is 19.2 Å². The van der Waals surface area contributed by atoms with Gasteiger partial charge in [0.1, 0.15) is 5.82 Å². The fourth-order valence-corrected chi connectivity index (χ4v) is 2.25. The Morgan fingerprint density at radius 2 is 2.06 bits per heavy atom. The quantitative estimate of drug-likeness (QED) is 0.869. The Bertz CT molecular complexity index is 350. The lowest BCUT2D eigenvalue weighted by atomic mass is 9.95. The average Bonchev–Trinajstić information content (AvgIpc) is 2.75. The maximum Gasteiger partial charge on any atom is 0.123 e. The second-order valence-electron chi connectivity index (χ2n) is 4.95. The van der Waals surface area contributed by atoms with Gasteiger partial charge in [-0.25, -0.2) is 4.39 Å². The summed E-state index contributed by atoms with van der Waals surface area (Å²) in [5.74, 6) is 0.298. The Morgan fingerprint density at radius 1 is 1.35 bits per heavy atom. The summed E-state index contributed by atoms with van der Waals surface area (Å²) in [7, 11) is 0. The fourth-order valence-electron chi connectivity index (χ4n) is 2.25. The van der Waals surface area contributed by atoms with Gasteiger partial charge in [-0.3, -0.25) is 0 Å². The maximum absolute atomic E-state index is 12.9. The molecule has 0 aromatic heterocycles. The number of benzene rings is 1. The number of hydrogen-bond donors (Lipinski definition) is 1. The summed E-state index contributed by atoms with van der Waals surface area (Å²) in [6.07, 6.45) is 1.18. The van der Waals surface area contributed by atoms with E-state index in [0.29, 0.717) is 12.0 Å². The van der Waals surface area contributed by atoms with Crippen molar-refractivity contribution in [3.8, 4) is 0 Å². The molecule has 0 amide bonds. The molecule has 0 aliphatic carbocycles. The van der Waals surface area contributed by atoms with Gasteiger partial charge in [-0.1, -0.05) is 26.0 Å². The number of rotatable bonds is 4. The van der Waals surface area contributed by atoms with Gasteiger partial charge >= 0.3 is 0 Å². The topological polar surface area (TPSA) is 21.3 Å². The van der Waals surface area contributed by atoms with Gasteiger partial charge in [-0.05, 0) is 24.1 Å². The molecule has 1 heterocycles. The van der Waals surface area contributed by atoms with Gasteiger partial charge in [-0.2, -0.15) is 0 Å². The zero-order valence-corrected chi connectivity index (χ0v) is 10.4. The van der Waals surface area contributed by atoms with Crippen molar-refractivity contribution in [2.45, 2.75) is 32.4 Å². The SMILES string of the molecule is CC(C)NCC1CCOC1c1ccc(F)cc1. The first-order chi connectivity index (χ1) is 8.16. The molecule has 1 N–H and O–H groups in total. The molecule has 3 heteroatoms. The van der Waals surface area contributed by atoms with E-state index in [1.165, 1.54) is 12.1 Å². The van der Waals surface area contributed by atoms with Crippen LogP contribution in [0.3, 0.4) is 0 Å². The van der Waals surface area contributed by atoms with Crippen LogP contribution in [0.1, 0.15) is 31.9 Å². The van der Waals surface area contributed by atoms with E-state index in [2.05, 4.69) is 19.2 Å². The summed E-state index contributed by atoms with van der Waals surface area (Å²) in [6, 6.07) is 7.15. The molecule has 0 radical (unpaired) electrons. The van der Waals surface area contributed by atoms with Crippen LogP contribution in [0, 0.1) is 11.7 Å². The first-order valence-corrected chi connectivity index (χ1v) is 6.27. The van der Waals surface area contributed by atoms with Crippen molar-refractivity contribution in [1.29, 1.82) is 0 Å². The summed E-state index contributed by atoms with van der Waals surface area (Å²) in [5.41, 5.74) is 1.08. The molecule has 0 spiro atoms. The molecule has 1 saturated heterocycles. The van der Waals surface area contributed by atoms with Crippen molar-refractivity contribution < 1.29 is 9.13 Å². The number of nitrogens with one attached hydrogen (secondary N) is 1. The van der Waals surface area contributed by atoms with Gasteiger partial charge in [0, 0.05) is 25.1 Å². The summed E-state index contributed by atoms with van der Waals surface area (Å²) >= 11 is 0. The number of hydrogen-bond acceptors (Lipinski definition) is 2. The van der Waals surface area contributed by atoms with Gasteiger partial charge in [0.2, 0.25) is 0 Å². The van der Waals surface area contributed by atoms with E-state index in [0.717, 1.165) is 25.1 Å². The minimum atomic E-state index is -0.191. The normalized spacial score (nSPS) is 24.5. The Labute approximate surface area is 102 Å². The molecule has 1 aromatic carbocycles. The van der Waals surface area contributed by atoms with E-state index in [4.69, 9.17) is 4.74 Å². The van der Waals surface area contributed by atoms with Crippen molar-refractivity contribution >= 4 is 0 Å². The van der Waals surface area contributed by atoms with Crippen molar-refractivity contribution in [3.05, 3.63) is 35.6 Å². The molecule has 2 rings (SSSR count). The molecular weight excluding hydrogens is 217 g/mol. The summed E-state index contributed by atoms with van der Waals surface area (Å²) in [6.45, 7) is 6.04. The molecule has 1 aliphatic rings. The highest BCUT2D eigenvalue weighted by Gasteiger charge is 2.29. The van der Waals surface area contributed by atoms with Crippen LogP contribution in [0.15, 0.2) is 24.3 Å². The van der Waals surface area contributed by atoms with Gasteiger partial charge < -0.3 is 10.1 Å². The Hall–Kier alpha value is -0.930. The Kier molecular flexibility index (Phi) is 4.13. The monoisotopic (exact) mass is 237 g/mol. The molecule has 2 unspecified atom stereocenters. The van der Waals surface area contributed by atoms with Crippen LogP contribution in [0.2, 0.25) is 0 Å². The highest BCUT2D eigenvalue weighted by Crippen LogP contribution is 2.34. The Balaban J connectivity index is 2.01. The fraction of sp³-hybridized carbons (Fsp3) is 0.571. The zero-order valence-electron chi connectivity index (χ0n) is 10.4. The van der Waals surface area contributed by atoms with Crippen LogP contribution in [0.5, 0.6) is 0 Å². The van der Waals surface area contributed by atoms with Crippen molar-refractivity contribution in [2.24, 2.45) is 5.92 Å². The highest BCUT2D eigenvalue weighted by atomic mass is 19.1. The number of ether oxygens (including phenoxy) is 1. The van der Waals surface area contributed by atoms with Crippen molar-refractivity contribution in [3.63, 3.8) is 0 Å². The van der Waals surface area contributed by atoms with Crippen LogP contribution in [0.4, 0.5) is 4.39 Å². The largest absolute Gasteiger partial charge is 0.373 e. The summed E-state index contributed by atoms with van der Waals surface area (Å²) in [5, 5.41) is 3.44. The van der Waals surface area contributed by atoms with E-state index in [-0.39, 0.29) is 11.9 Å². The minimum absolute atomic E-state index is 0.113. The van der Waals surface area contributed by atoms with E-state index in [1.54, 1.807) is 0 Å². The molecule has 2 nitrogen and oxygen atoms in total. The molecule has 0 bridgehead atoms. The zero-order chi connectivity index (χ0) is 12.3. The van der Waals surface area contributed by atoms with Crippen LogP contribution < -0.4 is 5.32 Å². The van der Waals surface area contributed by atoms with Gasteiger partial charge in [0.05, 0.1) is 6.10 Å². The first-order valence-electron chi connectivity index (χ1n) is 6.27. The summed E-state index contributed by atoms with van der Waals surface area (Å²) < 4.78 is 18.6. The highest BCUT2D eigenvalue weighted by molar-refractivity contribution is 5.20. The molecule has 1 aliphatic heterocycles. The molecule has 17 heavy (non-hydrogen) atoms. The second kappa shape index (κ2) is 5.61. The van der Waals surface area contributed by atoms with Gasteiger partial charge in [0.25, 0.3) is 0 Å². The van der Waals surface area contributed by atoms with E-state index in [9.17, 15) is 4.39 Å². The first kappa shape index (κ1) is 12.5. The third-order valence-electron chi connectivity index (χ3n) is 3.20. The average molecular weight is 237 g/mol.